The molecule has 0 saturated carbocycles. The molecule has 204 valence electrons. The summed E-state index contributed by atoms with van der Waals surface area (Å²) in [6, 6.07) is 10.2. The summed E-state index contributed by atoms with van der Waals surface area (Å²) in [5.41, 5.74) is -2.57. The van der Waals surface area contributed by atoms with E-state index in [1.54, 1.807) is 53.7 Å². The fourth-order valence-electron chi connectivity index (χ4n) is 5.18. The van der Waals surface area contributed by atoms with Crippen LogP contribution in [0.4, 0.5) is 5.69 Å². The van der Waals surface area contributed by atoms with Gasteiger partial charge in [-0.25, -0.2) is 4.79 Å². The summed E-state index contributed by atoms with van der Waals surface area (Å²) >= 11 is 4.93. The van der Waals surface area contributed by atoms with Crippen molar-refractivity contribution in [2.75, 3.05) is 0 Å². The number of thiocarbonyl (C=S) groups is 1. The first-order valence-electron chi connectivity index (χ1n) is 12.6. The van der Waals surface area contributed by atoms with Crippen LogP contribution >= 0.6 is 12.2 Å². The maximum absolute atomic E-state index is 14.0. The van der Waals surface area contributed by atoms with Crippen LogP contribution in [0.1, 0.15) is 89.3 Å². The first-order chi connectivity index (χ1) is 18.6. The molecule has 0 aromatic heterocycles. The molecular weight excluding hydrogens is 530 g/mol. The molecule has 2 aliphatic rings. The van der Waals surface area contributed by atoms with Gasteiger partial charge in [0.25, 0.3) is 0 Å². The molecule has 3 aromatic carbocycles. The van der Waals surface area contributed by atoms with E-state index >= 15 is 0 Å². The molecule has 0 amide bonds. The van der Waals surface area contributed by atoms with Gasteiger partial charge in [-0.05, 0) is 42.5 Å². The van der Waals surface area contributed by atoms with Crippen molar-refractivity contribution >= 4 is 40.6 Å². The largest absolute Gasteiger partial charge is 0.508 e. The molecule has 2 aliphatic heterocycles. The Balaban J connectivity index is 2.00. The average Bonchev–Trinajstić information content (AvgIpc) is 3.14. The molecule has 2 N–H and O–H groups in total. The number of aromatic hydroxyl groups is 2. The number of ether oxygens (including phenoxy) is 2. The van der Waals surface area contributed by atoms with Crippen LogP contribution in [-0.4, -0.2) is 32.9 Å². The SMILES string of the molecule is CC(C)(C)C(=O)c1cc2c(c(N=C=S)c1C(=O)C(C)(C)C)C(=O)OC21c2ccc(O)cc2Oc2cc(O)ccc21. The molecule has 0 aliphatic carbocycles. The molecule has 0 saturated heterocycles. The van der Waals surface area contributed by atoms with E-state index in [9.17, 15) is 24.6 Å². The molecule has 0 radical (unpaired) electrons. The van der Waals surface area contributed by atoms with Crippen molar-refractivity contribution in [3.8, 4) is 23.0 Å². The maximum atomic E-state index is 14.0. The van der Waals surface area contributed by atoms with Crippen LogP contribution in [0.25, 0.3) is 0 Å². The number of Topliss-reactive ketones (excluding diaryl/α,β-unsaturated/α-hetero) is 2. The highest BCUT2D eigenvalue weighted by Gasteiger charge is 2.56. The second kappa shape index (κ2) is 8.84. The van der Waals surface area contributed by atoms with E-state index in [0.29, 0.717) is 11.1 Å². The van der Waals surface area contributed by atoms with Crippen LogP contribution in [0, 0.1) is 10.8 Å². The lowest BCUT2D eigenvalue weighted by Gasteiger charge is -2.37. The minimum absolute atomic E-state index is 0.0264. The quantitative estimate of drug-likeness (QED) is 0.155. The second-order valence-electron chi connectivity index (χ2n) is 12.0. The Kier molecular flexibility index (Phi) is 6.02. The van der Waals surface area contributed by atoms with Crippen LogP contribution in [0.3, 0.4) is 0 Å². The number of isothiocyanates is 1. The molecule has 2 heterocycles. The van der Waals surface area contributed by atoms with Crippen molar-refractivity contribution in [2.45, 2.75) is 47.1 Å². The number of nitrogens with zero attached hydrogens (tertiary/aromatic N) is 1. The summed E-state index contributed by atoms with van der Waals surface area (Å²) < 4.78 is 12.2. The van der Waals surface area contributed by atoms with Crippen molar-refractivity contribution in [3.05, 3.63) is 75.8 Å². The Morgan fingerprint density at radius 2 is 1.38 bits per heavy atom. The van der Waals surface area contributed by atoms with Gasteiger partial charge in [0.1, 0.15) is 28.7 Å². The predicted molar refractivity (Wildman–Crippen MR) is 150 cm³/mol. The number of phenolic OH excluding ortho intramolecular Hbond substituents is 2. The van der Waals surface area contributed by atoms with Gasteiger partial charge in [0.15, 0.2) is 17.2 Å². The van der Waals surface area contributed by atoms with E-state index < -0.39 is 28.2 Å². The number of rotatable bonds is 3. The fourth-order valence-corrected chi connectivity index (χ4v) is 5.27. The van der Waals surface area contributed by atoms with E-state index in [-0.39, 0.29) is 56.7 Å². The van der Waals surface area contributed by atoms with Gasteiger partial charge < -0.3 is 19.7 Å². The topological polar surface area (TPSA) is 122 Å². The molecule has 5 rings (SSSR count). The Morgan fingerprint density at radius 1 is 0.850 bits per heavy atom. The van der Waals surface area contributed by atoms with Gasteiger partial charge in [-0.3, -0.25) is 9.59 Å². The Hall–Kier alpha value is -4.33. The Labute approximate surface area is 236 Å². The van der Waals surface area contributed by atoms with Crippen molar-refractivity contribution in [1.82, 2.24) is 0 Å². The van der Waals surface area contributed by atoms with Gasteiger partial charge in [-0.1, -0.05) is 41.5 Å². The lowest BCUT2D eigenvalue weighted by Crippen LogP contribution is -2.33. The smallest absolute Gasteiger partial charge is 0.342 e. The fraction of sp³-hybridized carbons (Fsp3) is 0.290. The normalized spacial score (nSPS) is 14.8. The maximum Gasteiger partial charge on any atom is 0.342 e. The second-order valence-corrected chi connectivity index (χ2v) is 12.1. The van der Waals surface area contributed by atoms with Gasteiger partial charge in [0, 0.05) is 45.2 Å². The van der Waals surface area contributed by atoms with Gasteiger partial charge >= 0.3 is 5.97 Å². The highest BCUT2D eigenvalue weighted by molar-refractivity contribution is 7.78. The summed E-state index contributed by atoms with van der Waals surface area (Å²) in [7, 11) is 0. The molecule has 40 heavy (non-hydrogen) atoms. The number of fused-ring (bicyclic) bond motifs is 6. The van der Waals surface area contributed by atoms with Gasteiger partial charge in [-0.15, -0.1) is 0 Å². The summed E-state index contributed by atoms with van der Waals surface area (Å²) in [6.45, 7) is 10.3. The van der Waals surface area contributed by atoms with Crippen molar-refractivity contribution in [2.24, 2.45) is 15.8 Å². The molecule has 0 atom stereocenters. The monoisotopic (exact) mass is 557 g/mol. The molecule has 0 bridgehead atoms. The van der Waals surface area contributed by atoms with Crippen LogP contribution in [-0.2, 0) is 10.3 Å². The molecular formula is C31H27NO7S. The number of phenols is 2. The number of carbonyl (C=O) groups is 3. The number of hydrogen-bond donors (Lipinski definition) is 2. The standard InChI is InChI=1S/C31H27NO7S/c1-29(2,3)26(35)17-13-20-24(25(32-14-40)23(17)27(36)30(4,5)6)28(37)39-31(20)18-9-7-15(33)11-21(18)38-22-12-16(34)8-10-19(22)31/h7-13,33-34H,1-6H3. The number of esters is 1. The molecule has 3 aromatic rings. The first kappa shape index (κ1) is 27.2. The van der Waals surface area contributed by atoms with Gasteiger partial charge in [0.05, 0.1) is 16.3 Å². The minimum atomic E-state index is -1.65. The zero-order chi connectivity index (χ0) is 29.4. The van der Waals surface area contributed by atoms with E-state index in [1.165, 1.54) is 30.3 Å². The third-order valence-corrected chi connectivity index (χ3v) is 7.12. The highest BCUT2D eigenvalue weighted by atomic mass is 32.1. The zero-order valence-corrected chi connectivity index (χ0v) is 23.6. The van der Waals surface area contributed by atoms with Gasteiger partial charge in [-0.2, -0.15) is 4.99 Å². The van der Waals surface area contributed by atoms with Crippen LogP contribution in [0.5, 0.6) is 23.0 Å². The molecule has 0 fully saturated rings. The van der Waals surface area contributed by atoms with Gasteiger partial charge in [0.2, 0.25) is 0 Å². The number of hydrogen-bond acceptors (Lipinski definition) is 9. The number of benzene rings is 3. The van der Waals surface area contributed by atoms with E-state index in [0.717, 1.165) is 0 Å². The van der Waals surface area contributed by atoms with E-state index in [2.05, 4.69) is 10.2 Å². The molecule has 0 unspecified atom stereocenters. The highest BCUT2D eigenvalue weighted by Crippen LogP contribution is 2.59. The lowest BCUT2D eigenvalue weighted by molar-refractivity contribution is 0.0224. The lowest BCUT2D eigenvalue weighted by atomic mass is 9.73. The predicted octanol–water partition coefficient (Wildman–Crippen LogP) is 6.86. The van der Waals surface area contributed by atoms with E-state index in [4.69, 9.17) is 21.7 Å². The average molecular weight is 558 g/mol. The minimum Gasteiger partial charge on any atom is -0.508 e. The Morgan fingerprint density at radius 3 is 1.85 bits per heavy atom. The number of carbonyl (C=O) groups excluding carboxylic acids is 3. The van der Waals surface area contributed by atoms with Crippen molar-refractivity contribution in [1.29, 1.82) is 0 Å². The summed E-state index contributed by atoms with van der Waals surface area (Å²) in [6.07, 6.45) is 0. The Bertz CT molecular complexity index is 1650. The summed E-state index contributed by atoms with van der Waals surface area (Å²) in [4.78, 5) is 45.8. The molecule has 1 spiro atoms. The van der Waals surface area contributed by atoms with Crippen LogP contribution in [0.15, 0.2) is 47.5 Å². The van der Waals surface area contributed by atoms with Crippen LogP contribution in [0.2, 0.25) is 0 Å². The zero-order valence-electron chi connectivity index (χ0n) is 22.8. The van der Waals surface area contributed by atoms with Crippen LogP contribution < -0.4 is 4.74 Å². The third kappa shape index (κ3) is 3.93. The third-order valence-electron chi connectivity index (χ3n) is 7.03. The summed E-state index contributed by atoms with van der Waals surface area (Å²) in [5, 5.41) is 22.7. The number of aliphatic imine (C=N–C) groups is 1. The van der Waals surface area contributed by atoms with Crippen molar-refractivity contribution in [3.63, 3.8) is 0 Å². The first-order valence-corrected chi connectivity index (χ1v) is 13.0. The molecule has 8 nitrogen and oxygen atoms in total. The van der Waals surface area contributed by atoms with E-state index in [1.807, 2.05) is 0 Å². The number of ketones is 2. The van der Waals surface area contributed by atoms with Crippen molar-refractivity contribution < 1.29 is 34.1 Å². The summed E-state index contributed by atoms with van der Waals surface area (Å²) in [5.74, 6) is -1.37. The molecule has 9 heteroatoms.